The summed E-state index contributed by atoms with van der Waals surface area (Å²) in [4.78, 5) is 35.9. The molecule has 0 atom stereocenters. The molecule has 0 aliphatic carbocycles. The number of non-ortho nitro benzene ring substituents is 1. The second kappa shape index (κ2) is 9.28. The van der Waals surface area contributed by atoms with Gasteiger partial charge in [-0.05, 0) is 49.8 Å². The topological polar surface area (TPSA) is 89.8 Å². The molecule has 2 aromatic carbocycles. The minimum atomic E-state index is -0.668. The number of nitro groups is 1. The number of amides is 1. The van der Waals surface area contributed by atoms with Crippen LogP contribution < -0.4 is 4.90 Å². The summed E-state index contributed by atoms with van der Waals surface area (Å²) in [5, 5.41) is 10.6. The number of nitro benzene ring substituents is 1. The quantitative estimate of drug-likeness (QED) is 0.322. The van der Waals surface area contributed by atoms with Gasteiger partial charge in [0.1, 0.15) is 0 Å². The summed E-state index contributed by atoms with van der Waals surface area (Å²) in [5.74, 6) is -0.994. The van der Waals surface area contributed by atoms with Crippen LogP contribution >= 0.6 is 0 Å². The third-order valence-corrected chi connectivity index (χ3v) is 3.67. The molecular formula is C20H20N2O5. The first-order valence-corrected chi connectivity index (χ1v) is 8.35. The predicted octanol–water partition coefficient (Wildman–Crippen LogP) is 3.59. The van der Waals surface area contributed by atoms with Crippen LogP contribution in [0.15, 0.2) is 60.7 Å². The normalized spacial score (nSPS) is 10.8. The van der Waals surface area contributed by atoms with E-state index in [9.17, 15) is 19.7 Å². The molecule has 0 unspecified atom stereocenters. The summed E-state index contributed by atoms with van der Waals surface area (Å²) >= 11 is 0. The molecule has 1 amide bonds. The van der Waals surface area contributed by atoms with Gasteiger partial charge in [-0.15, -0.1) is 0 Å². The average molecular weight is 368 g/mol. The van der Waals surface area contributed by atoms with Crippen molar-refractivity contribution in [3.8, 4) is 0 Å². The number of carbonyl (C=O) groups is 2. The Hall–Kier alpha value is -3.48. The Kier molecular flexibility index (Phi) is 6.82. The highest BCUT2D eigenvalue weighted by molar-refractivity contribution is 5.96. The van der Waals surface area contributed by atoms with E-state index >= 15 is 0 Å². The summed E-state index contributed by atoms with van der Waals surface area (Å²) in [6.45, 7) is 3.37. The van der Waals surface area contributed by atoms with Crippen LogP contribution in [0.2, 0.25) is 0 Å². The standard InChI is InChI=1S/C20H20N2O5/c1-15(2)21(17-6-4-3-5-7-17)19(23)14-27-20(24)13-10-16-8-11-18(12-9-16)22(25)26/h3-13,15H,14H2,1-2H3/b13-10+. The lowest BCUT2D eigenvalue weighted by atomic mass is 10.2. The van der Waals surface area contributed by atoms with E-state index in [1.807, 2.05) is 44.2 Å². The van der Waals surface area contributed by atoms with Crippen LogP contribution in [-0.4, -0.2) is 29.4 Å². The van der Waals surface area contributed by atoms with Gasteiger partial charge < -0.3 is 9.64 Å². The summed E-state index contributed by atoms with van der Waals surface area (Å²) in [5.41, 5.74) is 1.31. The maximum absolute atomic E-state index is 12.4. The monoisotopic (exact) mass is 368 g/mol. The molecule has 0 spiro atoms. The Morgan fingerprint density at radius 2 is 1.74 bits per heavy atom. The molecule has 0 saturated heterocycles. The fraction of sp³-hybridized carbons (Fsp3) is 0.200. The molecule has 0 N–H and O–H groups in total. The maximum Gasteiger partial charge on any atom is 0.331 e. The summed E-state index contributed by atoms with van der Waals surface area (Å²) < 4.78 is 5.01. The SMILES string of the molecule is CC(C)N(C(=O)COC(=O)/C=C/c1ccc([N+](=O)[O-])cc1)c1ccccc1. The van der Waals surface area contributed by atoms with E-state index in [1.165, 1.54) is 36.4 Å². The van der Waals surface area contributed by atoms with Crippen LogP contribution in [-0.2, 0) is 14.3 Å². The van der Waals surface area contributed by atoms with Gasteiger partial charge in [0.05, 0.1) is 4.92 Å². The van der Waals surface area contributed by atoms with Crippen LogP contribution in [0.25, 0.3) is 6.08 Å². The highest BCUT2D eigenvalue weighted by atomic mass is 16.6. The molecule has 0 aliphatic rings. The van der Waals surface area contributed by atoms with Crippen LogP contribution in [0.4, 0.5) is 11.4 Å². The van der Waals surface area contributed by atoms with E-state index in [2.05, 4.69) is 0 Å². The molecule has 0 bridgehead atoms. The van der Waals surface area contributed by atoms with Crippen molar-refractivity contribution in [2.45, 2.75) is 19.9 Å². The van der Waals surface area contributed by atoms with Gasteiger partial charge in [0, 0.05) is 29.9 Å². The average Bonchev–Trinajstić information content (AvgIpc) is 2.65. The zero-order valence-corrected chi connectivity index (χ0v) is 15.1. The zero-order chi connectivity index (χ0) is 19.8. The Labute approximate surface area is 157 Å². The number of anilines is 1. The largest absolute Gasteiger partial charge is 0.452 e. The molecule has 0 aromatic heterocycles. The molecule has 0 heterocycles. The molecule has 2 aromatic rings. The fourth-order valence-electron chi connectivity index (χ4n) is 2.44. The van der Waals surface area contributed by atoms with Crippen LogP contribution in [0.1, 0.15) is 19.4 Å². The van der Waals surface area contributed by atoms with Crippen molar-refractivity contribution in [1.29, 1.82) is 0 Å². The lowest BCUT2D eigenvalue weighted by Crippen LogP contribution is -2.39. The zero-order valence-electron chi connectivity index (χ0n) is 15.1. The molecule has 140 valence electrons. The number of ether oxygens (including phenoxy) is 1. The highest BCUT2D eigenvalue weighted by Crippen LogP contribution is 2.17. The number of para-hydroxylation sites is 1. The molecule has 7 heteroatoms. The third-order valence-electron chi connectivity index (χ3n) is 3.67. The van der Waals surface area contributed by atoms with E-state index in [1.54, 1.807) is 4.90 Å². The number of esters is 1. The lowest BCUT2D eigenvalue weighted by molar-refractivity contribution is -0.384. The first-order chi connectivity index (χ1) is 12.9. The van der Waals surface area contributed by atoms with E-state index < -0.39 is 10.9 Å². The lowest BCUT2D eigenvalue weighted by Gasteiger charge is -2.26. The minimum Gasteiger partial charge on any atom is -0.452 e. The maximum atomic E-state index is 12.4. The van der Waals surface area contributed by atoms with Crippen molar-refractivity contribution in [3.63, 3.8) is 0 Å². The van der Waals surface area contributed by atoms with Gasteiger partial charge in [0.2, 0.25) is 0 Å². The van der Waals surface area contributed by atoms with Crippen LogP contribution in [0.5, 0.6) is 0 Å². The number of rotatable bonds is 7. The molecule has 0 radical (unpaired) electrons. The molecule has 7 nitrogen and oxygen atoms in total. The fourth-order valence-corrected chi connectivity index (χ4v) is 2.44. The van der Waals surface area contributed by atoms with Crippen LogP contribution in [0.3, 0.4) is 0 Å². The minimum absolute atomic E-state index is 0.0324. The number of hydrogen-bond donors (Lipinski definition) is 0. The molecule has 0 saturated carbocycles. The van der Waals surface area contributed by atoms with E-state index in [0.29, 0.717) is 5.56 Å². The van der Waals surface area contributed by atoms with Gasteiger partial charge in [0.25, 0.3) is 11.6 Å². The summed E-state index contributed by atoms with van der Waals surface area (Å²) in [7, 11) is 0. The summed E-state index contributed by atoms with van der Waals surface area (Å²) in [6.07, 6.45) is 2.64. The number of nitrogens with zero attached hydrogens (tertiary/aromatic N) is 2. The van der Waals surface area contributed by atoms with E-state index in [0.717, 1.165) is 5.69 Å². The Balaban J connectivity index is 1.93. The second-order valence-corrected chi connectivity index (χ2v) is 5.98. The highest BCUT2D eigenvalue weighted by Gasteiger charge is 2.19. The van der Waals surface area contributed by atoms with Gasteiger partial charge >= 0.3 is 5.97 Å². The smallest absolute Gasteiger partial charge is 0.331 e. The molecular weight excluding hydrogens is 348 g/mol. The Bertz CT molecular complexity index is 829. The van der Waals surface area contributed by atoms with Gasteiger partial charge in [-0.1, -0.05) is 18.2 Å². The van der Waals surface area contributed by atoms with Crippen LogP contribution in [0, 0.1) is 10.1 Å². The molecule has 2 rings (SSSR count). The van der Waals surface area contributed by atoms with Crippen molar-refractivity contribution in [2.75, 3.05) is 11.5 Å². The summed E-state index contributed by atoms with van der Waals surface area (Å²) in [6, 6.07) is 14.8. The van der Waals surface area contributed by atoms with Gasteiger partial charge in [-0.3, -0.25) is 14.9 Å². The Morgan fingerprint density at radius 1 is 1.11 bits per heavy atom. The molecule has 27 heavy (non-hydrogen) atoms. The van der Waals surface area contributed by atoms with Gasteiger partial charge in [-0.25, -0.2) is 4.79 Å². The number of benzene rings is 2. The second-order valence-electron chi connectivity index (χ2n) is 5.98. The van der Waals surface area contributed by atoms with E-state index in [-0.39, 0.29) is 24.2 Å². The third kappa shape index (κ3) is 5.78. The van der Waals surface area contributed by atoms with E-state index in [4.69, 9.17) is 4.74 Å². The molecule has 0 aliphatic heterocycles. The van der Waals surface area contributed by atoms with Crippen molar-refractivity contribution < 1.29 is 19.2 Å². The number of carbonyl (C=O) groups excluding carboxylic acids is 2. The number of hydrogen-bond acceptors (Lipinski definition) is 5. The van der Waals surface area contributed by atoms with Crippen molar-refractivity contribution in [1.82, 2.24) is 0 Å². The van der Waals surface area contributed by atoms with Gasteiger partial charge in [-0.2, -0.15) is 0 Å². The Morgan fingerprint density at radius 3 is 2.30 bits per heavy atom. The first-order valence-electron chi connectivity index (χ1n) is 8.35. The van der Waals surface area contributed by atoms with Crippen molar-refractivity contribution in [2.24, 2.45) is 0 Å². The predicted molar refractivity (Wildman–Crippen MR) is 102 cm³/mol. The van der Waals surface area contributed by atoms with Crippen molar-refractivity contribution in [3.05, 3.63) is 76.4 Å². The first kappa shape index (κ1) is 19.8. The van der Waals surface area contributed by atoms with Gasteiger partial charge in [0.15, 0.2) is 6.61 Å². The van der Waals surface area contributed by atoms with Crippen molar-refractivity contribution >= 4 is 29.3 Å². The molecule has 0 fully saturated rings.